The van der Waals surface area contributed by atoms with Crippen molar-refractivity contribution in [2.75, 3.05) is 23.7 Å². The van der Waals surface area contributed by atoms with E-state index in [4.69, 9.17) is 0 Å². The Hall–Kier alpha value is -3.24. The molecule has 0 bridgehead atoms. The molecule has 2 aromatic rings. The summed E-state index contributed by atoms with van der Waals surface area (Å²) in [7, 11) is -3.95. The third-order valence-electron chi connectivity index (χ3n) is 5.33. The van der Waals surface area contributed by atoms with Crippen LogP contribution in [0.5, 0.6) is 0 Å². The number of carbonyl (C=O) groups is 3. The average Bonchev–Trinajstić information content (AvgIpc) is 2.79. The lowest BCUT2D eigenvalue weighted by Gasteiger charge is -2.33. The Labute approximate surface area is 193 Å². The molecule has 3 rings (SSSR count). The molecule has 176 valence electrons. The molecule has 0 unspecified atom stereocenters. The van der Waals surface area contributed by atoms with Crippen molar-refractivity contribution in [3.63, 3.8) is 0 Å². The maximum atomic E-state index is 12.9. The minimum absolute atomic E-state index is 0.0185. The van der Waals surface area contributed by atoms with Crippen molar-refractivity contribution in [2.24, 2.45) is 5.92 Å². The molecule has 0 radical (unpaired) electrons. The Morgan fingerprint density at radius 2 is 1.61 bits per heavy atom. The van der Waals surface area contributed by atoms with Crippen LogP contribution < -0.4 is 15.4 Å². The van der Waals surface area contributed by atoms with Crippen LogP contribution >= 0.6 is 0 Å². The van der Waals surface area contributed by atoms with Gasteiger partial charge in [-0.15, -0.1) is 0 Å². The molecule has 1 aliphatic heterocycles. The smallest absolute Gasteiger partial charge is 0.241 e. The number of anilines is 2. The fraction of sp³-hybridized carbons (Fsp3) is 0.348. The molecule has 10 heteroatoms. The highest BCUT2D eigenvalue weighted by Crippen LogP contribution is 2.20. The maximum absolute atomic E-state index is 12.9. The summed E-state index contributed by atoms with van der Waals surface area (Å²) < 4.78 is 27.8. The van der Waals surface area contributed by atoms with Gasteiger partial charge in [0, 0.05) is 31.4 Å². The molecule has 0 aliphatic carbocycles. The summed E-state index contributed by atoms with van der Waals surface area (Å²) in [6.45, 7) is 3.54. The number of sulfonamides is 1. The van der Waals surface area contributed by atoms with Crippen molar-refractivity contribution >= 4 is 39.1 Å². The summed E-state index contributed by atoms with van der Waals surface area (Å²) in [6, 6.07) is 13.8. The highest BCUT2D eigenvalue weighted by Gasteiger charge is 2.32. The molecule has 3 amide bonds. The van der Waals surface area contributed by atoms with Crippen LogP contribution in [0.1, 0.15) is 26.7 Å². The summed E-state index contributed by atoms with van der Waals surface area (Å²) in [4.78, 5) is 38.2. The lowest BCUT2D eigenvalue weighted by molar-refractivity contribution is -0.135. The second-order valence-electron chi connectivity index (χ2n) is 8.03. The van der Waals surface area contributed by atoms with E-state index in [2.05, 4.69) is 15.4 Å². The average molecular weight is 473 g/mol. The number of likely N-dealkylation sites (tertiary alicyclic amines) is 1. The zero-order chi connectivity index (χ0) is 24.0. The molecular weight excluding hydrogens is 444 g/mol. The highest BCUT2D eigenvalue weighted by molar-refractivity contribution is 7.89. The van der Waals surface area contributed by atoms with E-state index in [9.17, 15) is 22.8 Å². The molecule has 2 aromatic carbocycles. The second kappa shape index (κ2) is 10.6. The minimum Gasteiger partial charge on any atom is -0.341 e. The van der Waals surface area contributed by atoms with Crippen LogP contribution in [0.4, 0.5) is 11.4 Å². The number of rotatable bonds is 7. The molecular formula is C23H28N4O5S. The molecule has 3 N–H and O–H groups in total. The van der Waals surface area contributed by atoms with E-state index in [0.717, 1.165) is 0 Å². The molecule has 1 aliphatic rings. The van der Waals surface area contributed by atoms with E-state index in [1.54, 1.807) is 12.1 Å². The molecule has 1 saturated heterocycles. The van der Waals surface area contributed by atoms with Gasteiger partial charge in [-0.3, -0.25) is 14.4 Å². The van der Waals surface area contributed by atoms with Crippen molar-refractivity contribution in [3.8, 4) is 0 Å². The molecule has 0 saturated carbocycles. The molecule has 9 nitrogen and oxygen atoms in total. The monoisotopic (exact) mass is 472 g/mol. The first kappa shape index (κ1) is 24.4. The zero-order valence-electron chi connectivity index (χ0n) is 18.6. The van der Waals surface area contributed by atoms with Gasteiger partial charge in [-0.25, -0.2) is 8.42 Å². The third kappa shape index (κ3) is 6.62. The quantitative estimate of drug-likeness (QED) is 0.570. The number of nitrogens with one attached hydrogen (secondary N) is 3. The van der Waals surface area contributed by atoms with Crippen LogP contribution in [0.15, 0.2) is 59.5 Å². The Kier molecular flexibility index (Phi) is 7.83. The van der Waals surface area contributed by atoms with Crippen LogP contribution in [-0.4, -0.2) is 50.2 Å². The van der Waals surface area contributed by atoms with Crippen molar-refractivity contribution in [3.05, 3.63) is 54.6 Å². The topological polar surface area (TPSA) is 125 Å². The van der Waals surface area contributed by atoms with Crippen LogP contribution in [0.25, 0.3) is 0 Å². The summed E-state index contributed by atoms with van der Waals surface area (Å²) in [5.74, 6) is -1.18. The van der Waals surface area contributed by atoms with E-state index in [1.165, 1.54) is 43.0 Å². The molecule has 0 spiro atoms. The van der Waals surface area contributed by atoms with Crippen LogP contribution in [0, 0.1) is 5.92 Å². The lowest BCUT2D eigenvalue weighted by Crippen LogP contribution is -2.51. The van der Waals surface area contributed by atoms with Gasteiger partial charge in [-0.1, -0.05) is 18.2 Å². The number of carbonyl (C=O) groups excluding carboxylic acids is 3. The second-order valence-corrected chi connectivity index (χ2v) is 9.74. The number of hydrogen-bond donors (Lipinski definition) is 3. The van der Waals surface area contributed by atoms with Gasteiger partial charge >= 0.3 is 0 Å². The van der Waals surface area contributed by atoms with Crippen molar-refractivity contribution in [1.82, 2.24) is 9.62 Å². The van der Waals surface area contributed by atoms with Gasteiger partial charge in [0.05, 0.1) is 16.9 Å². The van der Waals surface area contributed by atoms with Gasteiger partial charge in [0.1, 0.15) is 0 Å². The summed E-state index contributed by atoms with van der Waals surface area (Å²) in [6.07, 6.45) is 1.31. The van der Waals surface area contributed by atoms with Gasteiger partial charge in [0.15, 0.2) is 0 Å². The van der Waals surface area contributed by atoms with Gasteiger partial charge < -0.3 is 15.5 Å². The first-order valence-corrected chi connectivity index (χ1v) is 12.2. The van der Waals surface area contributed by atoms with E-state index in [-0.39, 0.29) is 35.1 Å². The number of hydrogen-bond acceptors (Lipinski definition) is 5. The number of nitrogens with zero attached hydrogens (tertiary/aromatic N) is 1. The molecule has 0 aromatic heterocycles. The SMILES string of the molecule is CC(=O)Nc1ccc(S(=O)(=O)N[C@H](C)C(=O)N2CCC[C@H](C(=O)Nc3ccccc3)C2)cc1. The third-order valence-corrected chi connectivity index (χ3v) is 6.89. The number of para-hydroxylation sites is 1. The van der Waals surface area contributed by atoms with Crippen molar-refractivity contribution in [2.45, 2.75) is 37.6 Å². The van der Waals surface area contributed by atoms with Crippen LogP contribution in [0.2, 0.25) is 0 Å². The fourth-order valence-corrected chi connectivity index (χ4v) is 4.90. The van der Waals surface area contributed by atoms with Gasteiger partial charge in [0.25, 0.3) is 0 Å². The Balaban J connectivity index is 1.60. The fourth-order valence-electron chi connectivity index (χ4n) is 3.70. The van der Waals surface area contributed by atoms with Gasteiger partial charge in [-0.05, 0) is 56.2 Å². The van der Waals surface area contributed by atoms with E-state index >= 15 is 0 Å². The number of amides is 3. The van der Waals surface area contributed by atoms with Gasteiger partial charge in [0.2, 0.25) is 27.7 Å². The molecule has 1 fully saturated rings. The summed E-state index contributed by atoms with van der Waals surface area (Å²) in [5, 5.41) is 5.43. The molecule has 2 atom stereocenters. The standard InChI is InChI=1S/C23H28N4O5S/c1-16(26-33(31,32)21-12-10-20(11-13-21)24-17(2)28)23(30)27-14-6-7-18(15-27)22(29)25-19-8-4-3-5-9-19/h3-5,8-13,16,18,26H,6-7,14-15H2,1-2H3,(H,24,28)(H,25,29)/t16-,18+/m1/s1. The van der Waals surface area contributed by atoms with E-state index < -0.39 is 16.1 Å². The van der Waals surface area contributed by atoms with Crippen LogP contribution in [-0.2, 0) is 24.4 Å². The largest absolute Gasteiger partial charge is 0.341 e. The normalized spacial score (nSPS) is 17.2. The predicted molar refractivity (Wildman–Crippen MR) is 125 cm³/mol. The van der Waals surface area contributed by atoms with Crippen LogP contribution in [0.3, 0.4) is 0 Å². The lowest BCUT2D eigenvalue weighted by atomic mass is 9.96. The first-order valence-electron chi connectivity index (χ1n) is 10.7. The van der Waals surface area contributed by atoms with E-state index in [1.807, 2.05) is 18.2 Å². The summed E-state index contributed by atoms with van der Waals surface area (Å²) in [5.41, 5.74) is 1.16. The predicted octanol–water partition coefficient (Wildman–Crippen LogP) is 2.19. The maximum Gasteiger partial charge on any atom is 0.241 e. The molecule has 1 heterocycles. The Morgan fingerprint density at radius 3 is 2.24 bits per heavy atom. The van der Waals surface area contributed by atoms with Crippen molar-refractivity contribution in [1.29, 1.82) is 0 Å². The van der Waals surface area contributed by atoms with Crippen molar-refractivity contribution < 1.29 is 22.8 Å². The first-order chi connectivity index (χ1) is 15.7. The zero-order valence-corrected chi connectivity index (χ0v) is 19.4. The van der Waals surface area contributed by atoms with E-state index in [0.29, 0.717) is 30.8 Å². The minimum atomic E-state index is -3.95. The molecule has 33 heavy (non-hydrogen) atoms. The number of piperidine rings is 1. The highest BCUT2D eigenvalue weighted by atomic mass is 32.2. The number of benzene rings is 2. The Bertz CT molecular complexity index is 1100. The Morgan fingerprint density at radius 1 is 0.970 bits per heavy atom. The summed E-state index contributed by atoms with van der Waals surface area (Å²) >= 11 is 0. The van der Waals surface area contributed by atoms with Gasteiger partial charge in [-0.2, -0.15) is 4.72 Å².